The summed E-state index contributed by atoms with van der Waals surface area (Å²) in [6.07, 6.45) is 2.39. The first-order valence-electron chi connectivity index (χ1n) is 6.25. The fraction of sp³-hybridized carbons (Fsp3) is 0.500. The maximum absolute atomic E-state index is 11.7. The predicted octanol–water partition coefficient (Wildman–Crippen LogP) is 1.06. The van der Waals surface area contributed by atoms with Gasteiger partial charge in [0.15, 0.2) is 5.13 Å². The molecule has 1 saturated heterocycles. The maximum atomic E-state index is 11.7. The van der Waals surface area contributed by atoms with E-state index in [0.717, 1.165) is 4.88 Å². The summed E-state index contributed by atoms with van der Waals surface area (Å²) in [6, 6.07) is -0.300. The van der Waals surface area contributed by atoms with Crippen LogP contribution in [0.3, 0.4) is 0 Å². The van der Waals surface area contributed by atoms with Crippen molar-refractivity contribution in [2.45, 2.75) is 19.8 Å². The van der Waals surface area contributed by atoms with Crippen molar-refractivity contribution in [3.8, 4) is 0 Å². The molecule has 0 atom stereocenters. The van der Waals surface area contributed by atoms with E-state index in [0.29, 0.717) is 11.6 Å². The van der Waals surface area contributed by atoms with Gasteiger partial charge in [-0.1, -0.05) is 0 Å². The second-order valence-electron chi connectivity index (χ2n) is 4.61. The molecular weight excluding hydrogens is 280 g/mol. The Labute approximate surface area is 120 Å². The largest absolute Gasteiger partial charge is 0.326 e. The van der Waals surface area contributed by atoms with E-state index in [1.54, 1.807) is 13.2 Å². The molecule has 1 fully saturated rings. The van der Waals surface area contributed by atoms with Gasteiger partial charge in [-0.05, 0) is 13.3 Å². The van der Waals surface area contributed by atoms with Gasteiger partial charge < -0.3 is 10.2 Å². The smallest absolute Gasteiger partial charge is 0.318 e. The first kappa shape index (κ1) is 14.4. The Kier molecular flexibility index (Phi) is 4.33. The molecule has 0 spiro atoms. The molecule has 0 aliphatic carbocycles. The summed E-state index contributed by atoms with van der Waals surface area (Å²) in [6.45, 7) is 2.30. The third-order valence-electron chi connectivity index (χ3n) is 2.88. The third-order valence-corrected chi connectivity index (χ3v) is 3.71. The number of aryl methyl sites for hydroxylation is 1. The fourth-order valence-electron chi connectivity index (χ4n) is 1.88. The highest BCUT2D eigenvalue weighted by molar-refractivity contribution is 7.15. The number of hydrogen-bond acceptors (Lipinski definition) is 5. The highest BCUT2D eigenvalue weighted by atomic mass is 32.1. The molecule has 2 rings (SSSR count). The van der Waals surface area contributed by atoms with Crippen LogP contribution in [0.25, 0.3) is 0 Å². The summed E-state index contributed by atoms with van der Waals surface area (Å²) in [5.41, 5.74) is 0. The fourth-order valence-corrected chi connectivity index (χ4v) is 2.56. The van der Waals surface area contributed by atoms with Crippen molar-refractivity contribution in [1.29, 1.82) is 0 Å². The number of thiazole rings is 1. The standard InChI is InChI=1S/C12H16N4O3S/c1-8-6-13-11(20-8)14-9(17)4-3-5-16-10(18)7-15(2)12(16)19/h6H,3-5,7H2,1-2H3,(H,13,14,17). The van der Waals surface area contributed by atoms with Gasteiger partial charge in [-0.15, -0.1) is 11.3 Å². The van der Waals surface area contributed by atoms with Crippen molar-refractivity contribution < 1.29 is 14.4 Å². The number of carbonyl (C=O) groups is 3. The van der Waals surface area contributed by atoms with Crippen LogP contribution in [-0.2, 0) is 9.59 Å². The summed E-state index contributed by atoms with van der Waals surface area (Å²) >= 11 is 1.41. The van der Waals surface area contributed by atoms with Crippen molar-refractivity contribution >= 4 is 34.3 Å². The Morgan fingerprint density at radius 1 is 1.50 bits per heavy atom. The number of carbonyl (C=O) groups excluding carboxylic acids is 3. The number of imide groups is 1. The molecule has 1 N–H and O–H groups in total. The van der Waals surface area contributed by atoms with Crippen LogP contribution in [0, 0.1) is 6.92 Å². The van der Waals surface area contributed by atoms with Crippen LogP contribution in [-0.4, -0.2) is 52.8 Å². The first-order valence-corrected chi connectivity index (χ1v) is 7.07. The number of hydrogen-bond donors (Lipinski definition) is 1. The number of anilines is 1. The Bertz CT molecular complexity index is 543. The normalized spacial score (nSPS) is 15.1. The highest BCUT2D eigenvalue weighted by Gasteiger charge is 2.32. The topological polar surface area (TPSA) is 82.6 Å². The van der Waals surface area contributed by atoms with Crippen LogP contribution in [0.1, 0.15) is 17.7 Å². The van der Waals surface area contributed by atoms with Gasteiger partial charge in [0, 0.05) is 31.1 Å². The maximum Gasteiger partial charge on any atom is 0.326 e. The third kappa shape index (κ3) is 3.32. The lowest BCUT2D eigenvalue weighted by Crippen LogP contribution is -2.32. The zero-order chi connectivity index (χ0) is 14.7. The second kappa shape index (κ2) is 6.00. The minimum absolute atomic E-state index is 0.115. The summed E-state index contributed by atoms with van der Waals surface area (Å²) in [5, 5.41) is 3.26. The minimum atomic E-state index is -0.300. The zero-order valence-electron chi connectivity index (χ0n) is 11.4. The van der Waals surface area contributed by atoms with Gasteiger partial charge in [-0.3, -0.25) is 14.5 Å². The summed E-state index contributed by atoms with van der Waals surface area (Å²) < 4.78 is 0. The van der Waals surface area contributed by atoms with Gasteiger partial charge in [-0.25, -0.2) is 9.78 Å². The lowest BCUT2D eigenvalue weighted by atomic mass is 10.3. The highest BCUT2D eigenvalue weighted by Crippen LogP contribution is 2.17. The molecule has 0 unspecified atom stereocenters. The van der Waals surface area contributed by atoms with Crippen molar-refractivity contribution in [3.63, 3.8) is 0 Å². The zero-order valence-corrected chi connectivity index (χ0v) is 12.2. The Hall–Kier alpha value is -1.96. The average Bonchev–Trinajstić information content (AvgIpc) is 2.88. The van der Waals surface area contributed by atoms with Gasteiger partial charge in [0.25, 0.3) is 0 Å². The molecule has 1 aromatic rings. The van der Waals surface area contributed by atoms with Gasteiger partial charge >= 0.3 is 6.03 Å². The quantitative estimate of drug-likeness (QED) is 0.824. The van der Waals surface area contributed by atoms with Crippen LogP contribution in [0.15, 0.2) is 6.20 Å². The molecule has 2 heterocycles. The predicted molar refractivity (Wildman–Crippen MR) is 74.5 cm³/mol. The lowest BCUT2D eigenvalue weighted by Gasteiger charge is -2.13. The van der Waals surface area contributed by atoms with Gasteiger partial charge in [0.05, 0.1) is 0 Å². The Morgan fingerprint density at radius 2 is 2.25 bits per heavy atom. The van der Waals surface area contributed by atoms with E-state index in [-0.39, 0.29) is 37.4 Å². The Morgan fingerprint density at radius 3 is 2.80 bits per heavy atom. The van der Waals surface area contributed by atoms with Crippen molar-refractivity contribution in [1.82, 2.24) is 14.8 Å². The van der Waals surface area contributed by atoms with Crippen molar-refractivity contribution in [2.75, 3.05) is 25.5 Å². The van der Waals surface area contributed by atoms with Crippen LogP contribution in [0.2, 0.25) is 0 Å². The van der Waals surface area contributed by atoms with E-state index < -0.39 is 0 Å². The van der Waals surface area contributed by atoms with E-state index >= 15 is 0 Å². The molecular formula is C12H16N4O3S. The van der Waals surface area contributed by atoms with Crippen molar-refractivity contribution in [3.05, 3.63) is 11.1 Å². The lowest BCUT2D eigenvalue weighted by molar-refractivity contribution is -0.125. The molecule has 0 bridgehead atoms. The molecule has 1 aliphatic heterocycles. The molecule has 0 radical (unpaired) electrons. The van der Waals surface area contributed by atoms with E-state index in [9.17, 15) is 14.4 Å². The summed E-state index contributed by atoms with van der Waals surface area (Å²) in [4.78, 5) is 42.4. The van der Waals surface area contributed by atoms with Crippen LogP contribution in [0.5, 0.6) is 0 Å². The molecule has 7 nitrogen and oxygen atoms in total. The first-order chi connectivity index (χ1) is 9.47. The second-order valence-corrected chi connectivity index (χ2v) is 5.85. The number of nitrogens with zero attached hydrogens (tertiary/aromatic N) is 3. The molecule has 1 aromatic heterocycles. The number of urea groups is 1. The number of rotatable bonds is 5. The van der Waals surface area contributed by atoms with Crippen LogP contribution < -0.4 is 5.32 Å². The van der Waals surface area contributed by atoms with Crippen LogP contribution >= 0.6 is 11.3 Å². The molecule has 0 aromatic carbocycles. The van der Waals surface area contributed by atoms with Crippen LogP contribution in [0.4, 0.5) is 9.93 Å². The molecule has 8 heteroatoms. The number of aromatic nitrogens is 1. The van der Waals surface area contributed by atoms with Gasteiger partial charge in [0.2, 0.25) is 11.8 Å². The molecule has 0 saturated carbocycles. The van der Waals surface area contributed by atoms with E-state index in [1.807, 2.05) is 6.92 Å². The number of amides is 4. The summed E-state index contributed by atoms with van der Waals surface area (Å²) in [5.74, 6) is -0.375. The van der Waals surface area contributed by atoms with E-state index in [2.05, 4.69) is 10.3 Å². The average molecular weight is 296 g/mol. The number of likely N-dealkylation sites (N-methyl/N-ethyl adjacent to an activating group) is 1. The molecule has 20 heavy (non-hydrogen) atoms. The monoisotopic (exact) mass is 296 g/mol. The Balaban J connectivity index is 1.74. The summed E-state index contributed by atoms with van der Waals surface area (Å²) in [7, 11) is 1.58. The van der Waals surface area contributed by atoms with E-state index in [4.69, 9.17) is 0 Å². The molecule has 1 aliphatic rings. The van der Waals surface area contributed by atoms with Gasteiger partial charge in [-0.2, -0.15) is 0 Å². The van der Waals surface area contributed by atoms with E-state index in [1.165, 1.54) is 21.1 Å². The van der Waals surface area contributed by atoms with Crippen molar-refractivity contribution in [2.24, 2.45) is 0 Å². The minimum Gasteiger partial charge on any atom is -0.318 e. The molecule has 4 amide bonds. The SMILES string of the molecule is Cc1cnc(NC(=O)CCCN2C(=O)CN(C)C2=O)s1. The molecule has 108 valence electrons. The van der Waals surface area contributed by atoms with Gasteiger partial charge in [0.1, 0.15) is 6.54 Å². The number of nitrogens with one attached hydrogen (secondary N) is 1.